The van der Waals surface area contributed by atoms with Crippen molar-refractivity contribution in [3.05, 3.63) is 84.7 Å². The van der Waals surface area contributed by atoms with Crippen molar-refractivity contribution in [2.75, 3.05) is 32.1 Å². The number of ether oxygens (including phenoxy) is 1. The maximum Gasteiger partial charge on any atom is 0.118 e. The summed E-state index contributed by atoms with van der Waals surface area (Å²) in [5.74, 6) is 0.832. The summed E-state index contributed by atoms with van der Waals surface area (Å²) >= 11 is 0. The zero-order valence-electron chi connectivity index (χ0n) is 19.0. The molecule has 0 aliphatic heterocycles. The van der Waals surface area contributed by atoms with Gasteiger partial charge in [0.2, 0.25) is 0 Å². The van der Waals surface area contributed by atoms with Crippen LogP contribution >= 0.6 is 0 Å². The fraction of sp³-hybridized carbons (Fsp3) is 0.259. The lowest BCUT2D eigenvalue weighted by Gasteiger charge is -2.17. The van der Waals surface area contributed by atoms with Crippen LogP contribution in [0.1, 0.15) is 24.4 Å². The Morgan fingerprint density at radius 2 is 1.73 bits per heavy atom. The molecular weight excluding hydrogens is 410 g/mol. The van der Waals surface area contributed by atoms with Gasteiger partial charge in [-0.15, -0.1) is 0 Å². The first-order valence-electron chi connectivity index (χ1n) is 11.4. The van der Waals surface area contributed by atoms with Gasteiger partial charge < -0.3 is 21.1 Å². The standard InChI is InChI=1S/C27H31N5O/c1-33-22-9-7-20(8-10-22)27-19-24(23-5-2-3-6-26(23)32-27)25(28)13-18-29-14-4-15-31-21-11-16-30-17-12-21/h2-3,5-12,16-17,19,25,29H,4,13-15,18,28H2,1H3,(H,30,31). The van der Waals surface area contributed by atoms with Gasteiger partial charge in [-0.1, -0.05) is 18.2 Å². The molecule has 0 spiro atoms. The van der Waals surface area contributed by atoms with E-state index >= 15 is 0 Å². The first-order valence-corrected chi connectivity index (χ1v) is 11.4. The summed E-state index contributed by atoms with van der Waals surface area (Å²) in [4.78, 5) is 8.91. The van der Waals surface area contributed by atoms with E-state index in [1.807, 2.05) is 54.6 Å². The number of anilines is 1. The number of rotatable bonds is 11. The lowest BCUT2D eigenvalue weighted by atomic mass is 9.97. The molecule has 2 heterocycles. The zero-order valence-corrected chi connectivity index (χ0v) is 19.0. The van der Waals surface area contributed by atoms with Crippen LogP contribution in [0.2, 0.25) is 0 Å². The smallest absolute Gasteiger partial charge is 0.118 e. The van der Waals surface area contributed by atoms with E-state index in [2.05, 4.69) is 27.8 Å². The number of aromatic nitrogens is 2. The van der Waals surface area contributed by atoms with Crippen LogP contribution in [0.25, 0.3) is 22.2 Å². The van der Waals surface area contributed by atoms with Crippen LogP contribution in [0.4, 0.5) is 5.69 Å². The summed E-state index contributed by atoms with van der Waals surface area (Å²) < 4.78 is 5.29. The van der Waals surface area contributed by atoms with E-state index in [4.69, 9.17) is 15.5 Å². The third-order valence-corrected chi connectivity index (χ3v) is 5.71. The van der Waals surface area contributed by atoms with Gasteiger partial charge >= 0.3 is 0 Å². The van der Waals surface area contributed by atoms with Crippen LogP contribution in [0.5, 0.6) is 5.75 Å². The van der Waals surface area contributed by atoms with Gasteiger partial charge in [0.25, 0.3) is 0 Å². The summed E-state index contributed by atoms with van der Waals surface area (Å²) in [5, 5.41) is 8.03. The predicted molar refractivity (Wildman–Crippen MR) is 135 cm³/mol. The van der Waals surface area contributed by atoms with E-state index in [-0.39, 0.29) is 6.04 Å². The molecule has 0 saturated heterocycles. The van der Waals surface area contributed by atoms with Crippen molar-refractivity contribution < 1.29 is 4.74 Å². The molecule has 6 nitrogen and oxygen atoms in total. The summed E-state index contributed by atoms with van der Waals surface area (Å²) in [6, 6.07) is 22.2. The predicted octanol–water partition coefficient (Wildman–Crippen LogP) is 4.79. The molecule has 0 fully saturated rings. The Morgan fingerprint density at radius 3 is 2.52 bits per heavy atom. The van der Waals surface area contributed by atoms with Crippen LogP contribution in [0.3, 0.4) is 0 Å². The fourth-order valence-corrected chi connectivity index (χ4v) is 3.87. The molecule has 0 aliphatic rings. The molecular formula is C27H31N5O. The summed E-state index contributed by atoms with van der Waals surface area (Å²) in [7, 11) is 1.67. The maximum atomic E-state index is 6.66. The topological polar surface area (TPSA) is 85.1 Å². The monoisotopic (exact) mass is 441 g/mol. The minimum absolute atomic E-state index is 0.0719. The van der Waals surface area contributed by atoms with Gasteiger partial charge in [-0.3, -0.25) is 4.98 Å². The number of para-hydroxylation sites is 1. The highest BCUT2D eigenvalue weighted by Crippen LogP contribution is 2.29. The maximum absolute atomic E-state index is 6.66. The summed E-state index contributed by atoms with van der Waals surface area (Å²) in [6.07, 6.45) is 5.49. The minimum atomic E-state index is -0.0719. The van der Waals surface area contributed by atoms with Gasteiger partial charge in [-0.25, -0.2) is 4.98 Å². The summed E-state index contributed by atoms with van der Waals surface area (Å²) in [6.45, 7) is 2.73. The Kier molecular flexibility index (Phi) is 7.85. The summed E-state index contributed by atoms with van der Waals surface area (Å²) in [5.41, 5.74) is 11.8. The average molecular weight is 442 g/mol. The van der Waals surface area contributed by atoms with Crippen LogP contribution in [0.15, 0.2) is 79.1 Å². The van der Waals surface area contributed by atoms with Crippen molar-refractivity contribution in [3.63, 3.8) is 0 Å². The molecule has 4 N–H and O–H groups in total. The fourth-order valence-electron chi connectivity index (χ4n) is 3.87. The Labute approximate surface area is 195 Å². The van der Waals surface area contributed by atoms with Crippen LogP contribution in [-0.4, -0.2) is 36.7 Å². The Morgan fingerprint density at radius 1 is 0.939 bits per heavy atom. The van der Waals surface area contributed by atoms with Crippen molar-refractivity contribution in [1.29, 1.82) is 0 Å². The highest BCUT2D eigenvalue weighted by molar-refractivity contribution is 5.85. The number of nitrogens with one attached hydrogen (secondary N) is 2. The van der Waals surface area contributed by atoms with Gasteiger partial charge in [-0.05, 0) is 80.0 Å². The van der Waals surface area contributed by atoms with Crippen LogP contribution in [0, 0.1) is 0 Å². The van der Waals surface area contributed by atoms with Gasteiger partial charge in [0.15, 0.2) is 0 Å². The number of pyridine rings is 2. The number of benzene rings is 2. The first kappa shape index (κ1) is 22.7. The molecule has 0 amide bonds. The Hall–Kier alpha value is -3.48. The lowest BCUT2D eigenvalue weighted by Crippen LogP contribution is -2.23. The molecule has 0 aliphatic carbocycles. The second kappa shape index (κ2) is 11.4. The largest absolute Gasteiger partial charge is 0.497 e. The van der Waals surface area contributed by atoms with E-state index in [1.54, 1.807) is 19.5 Å². The molecule has 0 saturated carbocycles. The van der Waals surface area contributed by atoms with Gasteiger partial charge in [0.1, 0.15) is 5.75 Å². The van der Waals surface area contributed by atoms with Gasteiger partial charge in [0, 0.05) is 41.6 Å². The Balaban J connectivity index is 1.36. The normalized spacial score (nSPS) is 11.9. The second-order valence-corrected chi connectivity index (χ2v) is 8.00. The van der Waals surface area contributed by atoms with Crippen molar-refractivity contribution in [1.82, 2.24) is 15.3 Å². The lowest BCUT2D eigenvalue weighted by molar-refractivity contribution is 0.415. The second-order valence-electron chi connectivity index (χ2n) is 8.00. The minimum Gasteiger partial charge on any atom is -0.497 e. The average Bonchev–Trinajstić information content (AvgIpc) is 2.88. The number of nitrogens with zero attached hydrogens (tertiary/aromatic N) is 2. The third-order valence-electron chi connectivity index (χ3n) is 5.71. The zero-order chi connectivity index (χ0) is 22.9. The molecule has 1 atom stereocenters. The molecule has 2 aromatic heterocycles. The number of fused-ring (bicyclic) bond motifs is 1. The molecule has 2 aromatic carbocycles. The van der Waals surface area contributed by atoms with E-state index in [0.29, 0.717) is 0 Å². The molecule has 0 bridgehead atoms. The molecule has 170 valence electrons. The van der Waals surface area contributed by atoms with E-state index in [0.717, 1.165) is 71.6 Å². The van der Waals surface area contributed by atoms with Crippen LogP contribution < -0.4 is 21.1 Å². The van der Waals surface area contributed by atoms with Crippen LogP contribution in [-0.2, 0) is 0 Å². The highest BCUT2D eigenvalue weighted by atomic mass is 16.5. The van der Waals surface area contributed by atoms with Crippen molar-refractivity contribution in [2.45, 2.75) is 18.9 Å². The first-order chi connectivity index (χ1) is 16.2. The van der Waals surface area contributed by atoms with E-state index < -0.39 is 0 Å². The molecule has 4 rings (SSSR count). The van der Waals surface area contributed by atoms with Crippen molar-refractivity contribution in [3.8, 4) is 17.0 Å². The van der Waals surface area contributed by atoms with E-state index in [9.17, 15) is 0 Å². The van der Waals surface area contributed by atoms with Gasteiger partial charge in [-0.2, -0.15) is 0 Å². The molecule has 4 aromatic rings. The third kappa shape index (κ3) is 6.06. The number of nitrogens with two attached hydrogens (primary N) is 1. The van der Waals surface area contributed by atoms with Gasteiger partial charge in [0.05, 0.1) is 18.3 Å². The molecule has 1 unspecified atom stereocenters. The Bertz CT molecular complexity index is 1150. The number of hydrogen-bond acceptors (Lipinski definition) is 6. The highest BCUT2D eigenvalue weighted by Gasteiger charge is 2.13. The van der Waals surface area contributed by atoms with Crippen molar-refractivity contribution in [2.24, 2.45) is 5.73 Å². The molecule has 0 radical (unpaired) electrons. The SMILES string of the molecule is COc1ccc(-c2cc(C(N)CCNCCCNc3ccncc3)c3ccccc3n2)cc1. The van der Waals surface area contributed by atoms with Crippen molar-refractivity contribution >= 4 is 16.6 Å². The number of methoxy groups -OCH3 is 1. The number of hydrogen-bond donors (Lipinski definition) is 3. The molecule has 33 heavy (non-hydrogen) atoms. The quantitative estimate of drug-likeness (QED) is 0.290. The van der Waals surface area contributed by atoms with E-state index in [1.165, 1.54) is 0 Å². The molecule has 6 heteroatoms.